The van der Waals surface area contributed by atoms with Crippen molar-refractivity contribution in [2.45, 2.75) is 23.7 Å². The minimum Gasteiger partial charge on any atom is -0.389 e. The molecule has 0 aliphatic rings. The number of rotatable bonds is 4. The molecule has 3 heteroatoms. The van der Waals surface area contributed by atoms with Crippen LogP contribution in [-0.4, -0.2) is 10.1 Å². The summed E-state index contributed by atoms with van der Waals surface area (Å²) in [4.78, 5) is 5.52. The van der Waals surface area contributed by atoms with E-state index in [-0.39, 0.29) is 0 Å². The summed E-state index contributed by atoms with van der Waals surface area (Å²) in [5.41, 5.74) is 3.27. The first kappa shape index (κ1) is 14.1. The number of fused-ring (bicyclic) bond motifs is 1. The van der Waals surface area contributed by atoms with Crippen molar-refractivity contribution < 1.29 is 5.11 Å². The molecule has 1 heterocycles. The Labute approximate surface area is 128 Å². The van der Waals surface area contributed by atoms with Crippen molar-refractivity contribution in [1.29, 1.82) is 0 Å². The van der Waals surface area contributed by atoms with Crippen molar-refractivity contribution in [1.82, 2.24) is 4.98 Å². The van der Waals surface area contributed by atoms with Crippen molar-refractivity contribution in [2.24, 2.45) is 0 Å². The third kappa shape index (κ3) is 3.43. The minimum absolute atomic E-state index is 0.419. The Hall–Kier alpha value is -1.84. The van der Waals surface area contributed by atoms with Gasteiger partial charge in [0.15, 0.2) is 0 Å². The highest BCUT2D eigenvalue weighted by Crippen LogP contribution is 2.26. The maximum Gasteiger partial charge on any atom is 0.0762 e. The lowest BCUT2D eigenvalue weighted by Crippen LogP contribution is -1.90. The largest absolute Gasteiger partial charge is 0.389 e. The van der Waals surface area contributed by atoms with Crippen LogP contribution in [0.15, 0.2) is 65.7 Å². The van der Waals surface area contributed by atoms with E-state index in [2.05, 4.69) is 41.4 Å². The lowest BCUT2D eigenvalue weighted by Gasteiger charge is -2.08. The summed E-state index contributed by atoms with van der Waals surface area (Å²) in [7, 11) is 0. The Morgan fingerprint density at radius 3 is 2.86 bits per heavy atom. The molecule has 1 N–H and O–H groups in total. The number of thioether (sulfide) groups is 1. The van der Waals surface area contributed by atoms with Crippen LogP contribution in [0.3, 0.4) is 0 Å². The van der Waals surface area contributed by atoms with E-state index >= 15 is 0 Å². The van der Waals surface area contributed by atoms with Crippen LogP contribution in [0.5, 0.6) is 0 Å². The highest BCUT2D eigenvalue weighted by Gasteiger charge is 2.03. The van der Waals surface area contributed by atoms with E-state index in [1.54, 1.807) is 18.7 Å². The summed E-state index contributed by atoms with van der Waals surface area (Å²) in [6.07, 6.45) is 1.40. The molecule has 0 amide bonds. The van der Waals surface area contributed by atoms with E-state index in [1.165, 1.54) is 15.8 Å². The molecule has 0 saturated carbocycles. The molecule has 3 rings (SSSR count). The Morgan fingerprint density at radius 1 is 1.10 bits per heavy atom. The van der Waals surface area contributed by atoms with E-state index in [4.69, 9.17) is 0 Å². The first-order valence-corrected chi connectivity index (χ1v) is 7.95. The van der Waals surface area contributed by atoms with E-state index in [1.807, 2.05) is 24.4 Å². The number of aliphatic hydroxyl groups is 1. The molecule has 21 heavy (non-hydrogen) atoms. The van der Waals surface area contributed by atoms with Crippen LogP contribution >= 0.6 is 11.8 Å². The number of benzene rings is 2. The molecular weight excluding hydrogens is 278 g/mol. The zero-order chi connectivity index (χ0) is 14.7. The van der Waals surface area contributed by atoms with E-state index < -0.39 is 6.10 Å². The topological polar surface area (TPSA) is 33.1 Å². The highest BCUT2D eigenvalue weighted by atomic mass is 32.2. The van der Waals surface area contributed by atoms with Gasteiger partial charge in [-0.2, -0.15) is 0 Å². The first-order chi connectivity index (χ1) is 10.2. The van der Waals surface area contributed by atoms with Gasteiger partial charge in [0.05, 0.1) is 11.6 Å². The lowest BCUT2D eigenvalue weighted by molar-refractivity contribution is 0.199. The molecule has 0 radical (unpaired) electrons. The molecule has 1 aromatic heterocycles. The predicted molar refractivity (Wildman–Crippen MR) is 88.4 cm³/mol. The first-order valence-electron chi connectivity index (χ1n) is 6.97. The second kappa shape index (κ2) is 6.29. The summed E-state index contributed by atoms with van der Waals surface area (Å²) in [6.45, 7) is 1.79. The van der Waals surface area contributed by atoms with E-state index in [0.29, 0.717) is 0 Å². The second-order valence-corrected chi connectivity index (χ2v) is 6.12. The van der Waals surface area contributed by atoms with Gasteiger partial charge < -0.3 is 5.11 Å². The van der Waals surface area contributed by atoms with E-state index in [0.717, 1.165) is 16.8 Å². The number of nitrogens with zero attached hydrogens (tertiary/aromatic N) is 1. The molecule has 0 fully saturated rings. The van der Waals surface area contributed by atoms with Crippen molar-refractivity contribution in [3.05, 3.63) is 71.9 Å². The molecule has 0 saturated heterocycles. The number of aliphatic hydroxyl groups excluding tert-OH is 1. The molecule has 106 valence electrons. The monoisotopic (exact) mass is 295 g/mol. The number of hydrogen-bond acceptors (Lipinski definition) is 3. The lowest BCUT2D eigenvalue weighted by atomic mass is 10.1. The van der Waals surface area contributed by atoms with E-state index in [9.17, 15) is 5.11 Å². The highest BCUT2D eigenvalue weighted by molar-refractivity contribution is 7.98. The number of aromatic nitrogens is 1. The zero-order valence-electron chi connectivity index (χ0n) is 11.9. The fraction of sp³-hybridized carbons (Fsp3) is 0.167. The maximum atomic E-state index is 9.64. The van der Waals surface area contributed by atoms with Gasteiger partial charge in [-0.15, -0.1) is 11.8 Å². The van der Waals surface area contributed by atoms with Gasteiger partial charge in [0, 0.05) is 22.2 Å². The average Bonchev–Trinajstić information content (AvgIpc) is 2.53. The average molecular weight is 295 g/mol. The normalized spacial score (nSPS) is 12.5. The summed E-state index contributed by atoms with van der Waals surface area (Å²) in [6, 6.07) is 18.5. The Morgan fingerprint density at radius 2 is 2.00 bits per heavy atom. The molecule has 1 unspecified atom stereocenters. The summed E-state index contributed by atoms with van der Waals surface area (Å²) in [5.74, 6) is 0.911. The standard InChI is InChI=1S/C18H17NOS/c1-13(20)15-4-2-6-17(11-15)21-12-14-7-8-18-16(10-14)5-3-9-19-18/h2-11,13,20H,12H2,1H3. The van der Waals surface area contributed by atoms with Crippen LogP contribution in [0.1, 0.15) is 24.2 Å². The van der Waals surface area contributed by atoms with Gasteiger partial charge in [0.25, 0.3) is 0 Å². The van der Waals surface area contributed by atoms with Crippen LogP contribution in [0.2, 0.25) is 0 Å². The molecule has 2 aromatic carbocycles. The smallest absolute Gasteiger partial charge is 0.0762 e. The quantitative estimate of drug-likeness (QED) is 0.715. The molecule has 1 atom stereocenters. The van der Waals surface area contributed by atoms with Gasteiger partial charge in [-0.05, 0) is 48.4 Å². The van der Waals surface area contributed by atoms with Crippen LogP contribution < -0.4 is 0 Å². The van der Waals surface area contributed by atoms with Gasteiger partial charge in [-0.25, -0.2) is 0 Å². The van der Waals surface area contributed by atoms with Crippen LogP contribution in [0, 0.1) is 0 Å². The Bertz CT molecular complexity index is 755. The molecule has 3 aromatic rings. The predicted octanol–water partition coefficient (Wildman–Crippen LogP) is 4.58. The summed E-state index contributed by atoms with van der Waals surface area (Å²) >= 11 is 1.78. The molecule has 0 aliphatic heterocycles. The van der Waals surface area contributed by atoms with Gasteiger partial charge in [-0.1, -0.05) is 24.3 Å². The maximum absolute atomic E-state index is 9.64. The Balaban J connectivity index is 1.75. The van der Waals surface area contributed by atoms with Crippen molar-refractivity contribution >= 4 is 22.7 Å². The Kier molecular flexibility index (Phi) is 4.23. The third-order valence-electron chi connectivity index (χ3n) is 3.41. The SMILES string of the molecule is CC(O)c1cccc(SCc2ccc3ncccc3c2)c1. The second-order valence-electron chi connectivity index (χ2n) is 5.07. The van der Waals surface area contributed by atoms with Crippen LogP contribution in [0.25, 0.3) is 10.9 Å². The van der Waals surface area contributed by atoms with Gasteiger partial charge >= 0.3 is 0 Å². The molecule has 0 bridgehead atoms. The number of hydrogen-bond donors (Lipinski definition) is 1. The van der Waals surface area contributed by atoms with Crippen LogP contribution in [-0.2, 0) is 5.75 Å². The van der Waals surface area contributed by atoms with Gasteiger partial charge in [0.2, 0.25) is 0 Å². The fourth-order valence-electron chi connectivity index (χ4n) is 2.25. The molecule has 0 aliphatic carbocycles. The van der Waals surface area contributed by atoms with Crippen molar-refractivity contribution in [2.75, 3.05) is 0 Å². The summed E-state index contributed by atoms with van der Waals surface area (Å²) < 4.78 is 0. The summed E-state index contributed by atoms with van der Waals surface area (Å²) in [5, 5.41) is 10.8. The fourth-order valence-corrected chi connectivity index (χ4v) is 3.15. The van der Waals surface area contributed by atoms with Gasteiger partial charge in [-0.3, -0.25) is 4.98 Å². The van der Waals surface area contributed by atoms with Crippen molar-refractivity contribution in [3.63, 3.8) is 0 Å². The zero-order valence-corrected chi connectivity index (χ0v) is 12.7. The van der Waals surface area contributed by atoms with Crippen LogP contribution in [0.4, 0.5) is 0 Å². The van der Waals surface area contributed by atoms with Gasteiger partial charge in [0.1, 0.15) is 0 Å². The molecular formula is C18H17NOS. The molecule has 0 spiro atoms. The molecule has 2 nitrogen and oxygen atoms in total. The third-order valence-corrected chi connectivity index (χ3v) is 4.48. The minimum atomic E-state index is -0.419. The number of pyridine rings is 1. The van der Waals surface area contributed by atoms with Crippen molar-refractivity contribution in [3.8, 4) is 0 Å².